The smallest absolute Gasteiger partial charge is 0.217 e. The highest BCUT2D eigenvalue weighted by molar-refractivity contribution is 5.73. The SMILES string of the molecule is CC(=O)NC(CC(C)C)c1nnc2n1CCN(Cc1ccc(F)cc1F)CC2. The summed E-state index contributed by atoms with van der Waals surface area (Å²) in [4.78, 5) is 13.8. The number of halogens is 2. The van der Waals surface area contributed by atoms with Crippen molar-refractivity contribution < 1.29 is 13.6 Å². The number of nitrogens with one attached hydrogen (secondary N) is 1. The average Bonchev–Trinajstić information content (AvgIpc) is 2.90. The molecule has 1 amide bonds. The van der Waals surface area contributed by atoms with Gasteiger partial charge in [-0.1, -0.05) is 19.9 Å². The molecule has 0 saturated heterocycles. The van der Waals surface area contributed by atoms with Crippen molar-refractivity contribution in [2.75, 3.05) is 13.1 Å². The molecule has 152 valence electrons. The minimum absolute atomic E-state index is 0.0926. The molecule has 1 N–H and O–H groups in total. The van der Waals surface area contributed by atoms with Crippen molar-refractivity contribution in [3.05, 3.63) is 47.0 Å². The van der Waals surface area contributed by atoms with Gasteiger partial charge < -0.3 is 9.88 Å². The summed E-state index contributed by atoms with van der Waals surface area (Å²) < 4.78 is 29.2. The summed E-state index contributed by atoms with van der Waals surface area (Å²) in [5.74, 6) is 0.859. The van der Waals surface area contributed by atoms with Crippen molar-refractivity contribution >= 4 is 5.91 Å². The third-order valence-electron chi connectivity index (χ3n) is 4.95. The zero-order valence-electron chi connectivity index (χ0n) is 16.6. The first-order chi connectivity index (χ1) is 13.3. The van der Waals surface area contributed by atoms with Crippen molar-refractivity contribution in [3.63, 3.8) is 0 Å². The quantitative estimate of drug-likeness (QED) is 0.823. The van der Waals surface area contributed by atoms with E-state index in [1.807, 2.05) is 0 Å². The van der Waals surface area contributed by atoms with Gasteiger partial charge in [0.05, 0.1) is 6.04 Å². The van der Waals surface area contributed by atoms with E-state index in [1.54, 1.807) is 0 Å². The molecule has 0 bridgehead atoms. The highest BCUT2D eigenvalue weighted by Crippen LogP contribution is 2.23. The zero-order chi connectivity index (χ0) is 20.3. The number of hydrogen-bond donors (Lipinski definition) is 1. The molecule has 0 saturated carbocycles. The van der Waals surface area contributed by atoms with Crippen molar-refractivity contribution in [2.24, 2.45) is 5.92 Å². The van der Waals surface area contributed by atoms with E-state index in [1.165, 1.54) is 19.1 Å². The van der Waals surface area contributed by atoms with Crippen LogP contribution < -0.4 is 5.32 Å². The molecule has 3 rings (SSSR count). The lowest BCUT2D eigenvalue weighted by molar-refractivity contribution is -0.119. The summed E-state index contributed by atoms with van der Waals surface area (Å²) >= 11 is 0. The molecule has 0 spiro atoms. The lowest BCUT2D eigenvalue weighted by Gasteiger charge is -2.22. The minimum atomic E-state index is -0.567. The summed E-state index contributed by atoms with van der Waals surface area (Å²) in [5, 5.41) is 11.7. The van der Waals surface area contributed by atoms with Crippen molar-refractivity contribution in [2.45, 2.75) is 52.7 Å². The monoisotopic (exact) mass is 391 g/mol. The summed E-state index contributed by atoms with van der Waals surface area (Å²) in [6, 6.07) is 3.52. The molecule has 1 aliphatic heterocycles. The van der Waals surface area contributed by atoms with Crippen molar-refractivity contribution in [3.8, 4) is 0 Å². The molecule has 28 heavy (non-hydrogen) atoms. The Bertz CT molecular complexity index is 836. The van der Waals surface area contributed by atoms with E-state index < -0.39 is 11.6 Å². The molecule has 1 aromatic carbocycles. The van der Waals surface area contributed by atoms with Gasteiger partial charge in [-0.25, -0.2) is 8.78 Å². The third kappa shape index (κ3) is 4.92. The molecule has 1 aliphatic rings. The Hall–Kier alpha value is -2.35. The molecule has 0 radical (unpaired) electrons. The van der Waals surface area contributed by atoms with Crippen LogP contribution in [-0.2, 0) is 24.3 Å². The van der Waals surface area contributed by atoms with Crippen molar-refractivity contribution in [1.82, 2.24) is 25.0 Å². The summed E-state index contributed by atoms with van der Waals surface area (Å²) in [6.45, 7) is 8.20. The van der Waals surface area contributed by atoms with Crippen LogP contribution in [0, 0.1) is 17.6 Å². The van der Waals surface area contributed by atoms with Gasteiger partial charge in [-0.15, -0.1) is 10.2 Å². The Labute approximate surface area is 163 Å². The maximum absolute atomic E-state index is 14.0. The number of fused-ring (bicyclic) bond motifs is 1. The van der Waals surface area contributed by atoms with E-state index in [-0.39, 0.29) is 11.9 Å². The van der Waals surface area contributed by atoms with Gasteiger partial charge in [0.25, 0.3) is 0 Å². The second-order valence-electron chi connectivity index (χ2n) is 7.77. The van der Waals surface area contributed by atoms with Crippen LogP contribution in [0.25, 0.3) is 0 Å². The molecular weight excluding hydrogens is 364 g/mol. The van der Waals surface area contributed by atoms with E-state index in [0.29, 0.717) is 44.1 Å². The molecule has 0 aliphatic carbocycles. The number of rotatable bonds is 6. The summed E-state index contributed by atoms with van der Waals surface area (Å²) in [6.07, 6.45) is 1.46. The van der Waals surface area contributed by atoms with E-state index in [9.17, 15) is 13.6 Å². The van der Waals surface area contributed by atoms with Crippen LogP contribution >= 0.6 is 0 Å². The number of carbonyl (C=O) groups is 1. The zero-order valence-corrected chi connectivity index (χ0v) is 16.6. The summed E-state index contributed by atoms with van der Waals surface area (Å²) in [7, 11) is 0. The van der Waals surface area contributed by atoms with E-state index in [4.69, 9.17) is 0 Å². The van der Waals surface area contributed by atoms with Gasteiger partial charge in [0.1, 0.15) is 17.5 Å². The van der Waals surface area contributed by atoms with Gasteiger partial charge in [0.2, 0.25) is 5.91 Å². The highest BCUT2D eigenvalue weighted by Gasteiger charge is 2.25. The molecule has 6 nitrogen and oxygen atoms in total. The second kappa shape index (κ2) is 8.77. The lowest BCUT2D eigenvalue weighted by atomic mass is 10.0. The predicted molar refractivity (Wildman–Crippen MR) is 101 cm³/mol. The largest absolute Gasteiger partial charge is 0.346 e. The van der Waals surface area contributed by atoms with Gasteiger partial charge in [-0.3, -0.25) is 9.69 Å². The molecular formula is C20H27F2N5O. The predicted octanol–water partition coefficient (Wildman–Crippen LogP) is 2.84. The maximum Gasteiger partial charge on any atom is 0.217 e. The fourth-order valence-corrected chi connectivity index (χ4v) is 3.64. The summed E-state index contributed by atoms with van der Waals surface area (Å²) in [5.41, 5.74) is 0.482. The van der Waals surface area contributed by atoms with Crippen LogP contribution in [0.1, 0.15) is 50.4 Å². The number of amides is 1. The van der Waals surface area contributed by atoms with Crippen LogP contribution in [0.4, 0.5) is 8.78 Å². The Morgan fingerprint density at radius 2 is 2.00 bits per heavy atom. The third-order valence-corrected chi connectivity index (χ3v) is 4.95. The Morgan fingerprint density at radius 1 is 1.21 bits per heavy atom. The first kappa shape index (κ1) is 20.4. The first-order valence-electron chi connectivity index (χ1n) is 9.69. The van der Waals surface area contributed by atoms with Crippen LogP contribution in [0.2, 0.25) is 0 Å². The molecule has 1 unspecified atom stereocenters. The van der Waals surface area contributed by atoms with E-state index in [2.05, 4.69) is 38.8 Å². The molecule has 0 fully saturated rings. The van der Waals surface area contributed by atoms with E-state index >= 15 is 0 Å². The average molecular weight is 391 g/mol. The molecule has 8 heteroatoms. The fourth-order valence-electron chi connectivity index (χ4n) is 3.64. The molecule has 1 atom stereocenters. The lowest BCUT2D eigenvalue weighted by Crippen LogP contribution is -2.31. The number of benzene rings is 1. The minimum Gasteiger partial charge on any atom is -0.346 e. The van der Waals surface area contributed by atoms with Gasteiger partial charge in [0.15, 0.2) is 5.82 Å². The maximum atomic E-state index is 14.0. The standard InChI is InChI=1S/C20H27F2N5O/c1-13(2)10-18(23-14(3)28)20-25-24-19-6-7-26(8-9-27(19)20)12-15-4-5-16(21)11-17(15)22/h4-5,11,13,18H,6-10,12H2,1-3H3,(H,23,28). The van der Waals surface area contributed by atoms with Crippen LogP contribution in [0.15, 0.2) is 18.2 Å². The number of aromatic nitrogens is 3. The fraction of sp³-hybridized carbons (Fsp3) is 0.550. The normalized spacial score (nSPS) is 15.9. The molecule has 2 aromatic rings. The van der Waals surface area contributed by atoms with Crippen LogP contribution in [0.5, 0.6) is 0 Å². The Kier molecular flexibility index (Phi) is 6.39. The van der Waals surface area contributed by atoms with Gasteiger partial charge in [-0.2, -0.15) is 0 Å². The van der Waals surface area contributed by atoms with Crippen molar-refractivity contribution in [1.29, 1.82) is 0 Å². The highest BCUT2D eigenvalue weighted by atomic mass is 19.1. The number of carbonyl (C=O) groups excluding carboxylic acids is 1. The molecule has 1 aromatic heterocycles. The number of nitrogens with zero attached hydrogens (tertiary/aromatic N) is 4. The van der Waals surface area contributed by atoms with E-state index in [0.717, 1.165) is 24.1 Å². The first-order valence-corrected chi connectivity index (χ1v) is 9.69. The second-order valence-corrected chi connectivity index (χ2v) is 7.77. The molecule has 2 heterocycles. The Morgan fingerprint density at radius 3 is 2.68 bits per heavy atom. The van der Waals surface area contributed by atoms with Gasteiger partial charge in [0, 0.05) is 51.2 Å². The van der Waals surface area contributed by atoms with Gasteiger partial charge >= 0.3 is 0 Å². The number of hydrogen-bond acceptors (Lipinski definition) is 4. The Balaban J connectivity index is 1.74. The van der Waals surface area contributed by atoms with Crippen LogP contribution in [-0.4, -0.2) is 38.7 Å². The van der Waals surface area contributed by atoms with Crippen LogP contribution in [0.3, 0.4) is 0 Å². The topological polar surface area (TPSA) is 63.1 Å². The van der Waals surface area contributed by atoms with Gasteiger partial charge in [-0.05, 0) is 18.4 Å².